The van der Waals surface area contributed by atoms with Crippen molar-refractivity contribution < 1.29 is 13.2 Å². The van der Waals surface area contributed by atoms with Crippen molar-refractivity contribution in [1.29, 1.82) is 0 Å². The van der Waals surface area contributed by atoms with Crippen molar-refractivity contribution in [2.24, 2.45) is 0 Å². The maximum atomic E-state index is 12.6. The summed E-state index contributed by atoms with van der Waals surface area (Å²) < 4.78 is 33.2. The van der Waals surface area contributed by atoms with Gasteiger partial charge >= 0.3 is 0 Å². The van der Waals surface area contributed by atoms with Crippen molar-refractivity contribution in [2.45, 2.75) is 49.5 Å². The molecule has 128 valence electrons. The van der Waals surface area contributed by atoms with Gasteiger partial charge in [0.15, 0.2) is 0 Å². The number of hydrogen-bond donors (Lipinski definition) is 2. The number of rotatable bonds is 4. The largest absolute Gasteiger partial charge is 0.489 e. The molecule has 0 saturated heterocycles. The molecule has 0 bridgehead atoms. The number of ether oxygens (including phenoxy) is 1. The molecule has 4 rings (SSSR count). The molecule has 7 nitrogen and oxygen atoms in total. The molecule has 0 amide bonds. The third-order valence-electron chi connectivity index (χ3n) is 4.45. The topological polar surface area (TPSA) is 97.0 Å². The van der Waals surface area contributed by atoms with Gasteiger partial charge < -0.3 is 4.74 Å². The Morgan fingerprint density at radius 1 is 1.38 bits per heavy atom. The van der Waals surface area contributed by atoms with Gasteiger partial charge in [-0.1, -0.05) is 18.0 Å². The second-order valence-electron chi connectivity index (χ2n) is 6.30. The minimum Gasteiger partial charge on any atom is -0.489 e. The molecular formula is C15H17ClN4O3S. The predicted molar refractivity (Wildman–Crippen MR) is 89.0 cm³/mol. The molecule has 1 fully saturated rings. The molecule has 1 aliphatic carbocycles. The quantitative estimate of drug-likeness (QED) is 0.864. The summed E-state index contributed by atoms with van der Waals surface area (Å²) in [5, 5.41) is 7.05. The van der Waals surface area contributed by atoms with Gasteiger partial charge in [0.1, 0.15) is 17.7 Å². The molecule has 2 N–H and O–H groups in total. The van der Waals surface area contributed by atoms with Crippen molar-refractivity contribution in [1.82, 2.24) is 15.2 Å². The van der Waals surface area contributed by atoms with E-state index in [1.54, 1.807) is 6.07 Å². The van der Waals surface area contributed by atoms with E-state index in [1.165, 1.54) is 12.5 Å². The van der Waals surface area contributed by atoms with Gasteiger partial charge in [-0.15, -0.1) is 5.10 Å². The monoisotopic (exact) mass is 368 g/mol. The summed E-state index contributed by atoms with van der Waals surface area (Å²) in [5.74, 6) is 1.70. The van der Waals surface area contributed by atoms with Gasteiger partial charge in [0.2, 0.25) is 0 Å². The second-order valence-corrected chi connectivity index (χ2v) is 8.39. The molecule has 1 aromatic heterocycles. The minimum atomic E-state index is -3.81. The summed E-state index contributed by atoms with van der Waals surface area (Å²) in [6.07, 6.45) is 3.90. The molecule has 2 aromatic rings. The van der Waals surface area contributed by atoms with Crippen molar-refractivity contribution in [3.8, 4) is 5.75 Å². The van der Waals surface area contributed by atoms with E-state index in [4.69, 9.17) is 16.3 Å². The van der Waals surface area contributed by atoms with Crippen molar-refractivity contribution in [3.63, 3.8) is 0 Å². The third-order valence-corrected chi connectivity index (χ3v) is 6.04. The number of halogens is 1. The van der Waals surface area contributed by atoms with Crippen LogP contribution in [-0.4, -0.2) is 29.7 Å². The van der Waals surface area contributed by atoms with E-state index in [0.29, 0.717) is 23.1 Å². The highest BCUT2D eigenvalue weighted by atomic mass is 35.5. The molecule has 9 heteroatoms. The van der Waals surface area contributed by atoms with E-state index in [9.17, 15) is 8.42 Å². The first-order chi connectivity index (χ1) is 11.4. The number of H-pyrrole nitrogens is 1. The molecular weight excluding hydrogens is 352 g/mol. The molecule has 1 unspecified atom stereocenters. The average Bonchev–Trinajstić information content (AvgIpc) is 3.03. The van der Waals surface area contributed by atoms with E-state index in [-0.39, 0.29) is 16.9 Å². The van der Waals surface area contributed by atoms with Crippen molar-refractivity contribution >= 4 is 27.6 Å². The summed E-state index contributed by atoms with van der Waals surface area (Å²) in [4.78, 5) is 4.32. The number of sulfonamides is 1. The fourth-order valence-corrected chi connectivity index (χ4v) is 4.35. The fourth-order valence-electron chi connectivity index (χ4n) is 2.98. The Balaban J connectivity index is 1.60. The van der Waals surface area contributed by atoms with Crippen LogP contribution in [0.2, 0.25) is 5.02 Å². The van der Waals surface area contributed by atoms with E-state index in [1.807, 2.05) is 6.92 Å². The lowest BCUT2D eigenvalue weighted by molar-refractivity contribution is 0.255. The molecule has 0 radical (unpaired) electrons. The maximum Gasteiger partial charge on any atom is 0.264 e. The van der Waals surface area contributed by atoms with Gasteiger partial charge in [0.05, 0.1) is 9.92 Å². The zero-order valence-corrected chi connectivity index (χ0v) is 14.6. The number of nitrogens with one attached hydrogen (secondary N) is 2. The van der Waals surface area contributed by atoms with Crippen LogP contribution < -0.4 is 9.46 Å². The van der Waals surface area contributed by atoms with Crippen LogP contribution >= 0.6 is 11.6 Å². The number of nitrogens with zero attached hydrogens (tertiary/aromatic N) is 2. The zero-order valence-electron chi connectivity index (χ0n) is 13.0. The van der Waals surface area contributed by atoms with Gasteiger partial charge in [-0.25, -0.2) is 13.1 Å². The summed E-state index contributed by atoms with van der Waals surface area (Å²) >= 11 is 6.17. The van der Waals surface area contributed by atoms with Crippen LogP contribution in [0.1, 0.15) is 43.5 Å². The third kappa shape index (κ3) is 2.73. The summed E-state index contributed by atoms with van der Waals surface area (Å²) in [6, 6.07) is 2.98. The number of aromatic amines is 1. The first-order valence-electron chi connectivity index (χ1n) is 7.86. The number of benzene rings is 1. The van der Waals surface area contributed by atoms with Crippen LogP contribution in [0.5, 0.6) is 5.75 Å². The summed E-state index contributed by atoms with van der Waals surface area (Å²) in [5.41, 5.74) is 0.792. The zero-order chi connectivity index (χ0) is 16.9. The van der Waals surface area contributed by atoms with Crippen LogP contribution in [0.15, 0.2) is 17.0 Å². The standard InChI is InChI=1S/C15H17ClN4O3S/c1-8-5-10-6-11(7-12(16)13(10)23-8)24(21,22)20-15-17-14(18-19-15)9-3-2-4-9/h6-9H,2-5H2,1H3,(H2,17,18,19,20). The van der Waals surface area contributed by atoms with Gasteiger partial charge in [-0.2, -0.15) is 4.98 Å². The van der Waals surface area contributed by atoms with Crippen molar-refractivity contribution in [3.05, 3.63) is 28.5 Å². The van der Waals surface area contributed by atoms with Crippen LogP contribution in [-0.2, 0) is 16.4 Å². The molecule has 2 aliphatic rings. The lowest BCUT2D eigenvalue weighted by Gasteiger charge is -2.22. The Kier molecular flexibility index (Phi) is 3.69. The smallest absolute Gasteiger partial charge is 0.264 e. The number of hydrogen-bond acceptors (Lipinski definition) is 5. The molecule has 0 spiro atoms. The van der Waals surface area contributed by atoms with E-state index in [0.717, 1.165) is 24.2 Å². The van der Waals surface area contributed by atoms with Gasteiger partial charge in [0, 0.05) is 17.9 Å². The van der Waals surface area contributed by atoms with Gasteiger partial charge in [0.25, 0.3) is 16.0 Å². The van der Waals surface area contributed by atoms with Gasteiger partial charge in [-0.3, -0.25) is 5.10 Å². The molecule has 1 saturated carbocycles. The van der Waals surface area contributed by atoms with E-state index >= 15 is 0 Å². The second kappa shape index (κ2) is 5.63. The Bertz CT molecular complexity index is 892. The number of anilines is 1. The molecule has 24 heavy (non-hydrogen) atoms. The maximum absolute atomic E-state index is 12.6. The highest BCUT2D eigenvalue weighted by Crippen LogP contribution is 2.38. The first kappa shape index (κ1) is 15.7. The molecule has 1 aromatic carbocycles. The summed E-state index contributed by atoms with van der Waals surface area (Å²) in [7, 11) is -3.81. The Morgan fingerprint density at radius 2 is 2.17 bits per heavy atom. The normalized spacial score (nSPS) is 20.3. The van der Waals surface area contributed by atoms with Crippen LogP contribution in [0.3, 0.4) is 0 Å². The Morgan fingerprint density at radius 3 is 2.88 bits per heavy atom. The van der Waals surface area contributed by atoms with Crippen LogP contribution in [0.4, 0.5) is 5.95 Å². The fraction of sp³-hybridized carbons (Fsp3) is 0.467. The van der Waals surface area contributed by atoms with E-state index in [2.05, 4.69) is 19.9 Å². The average molecular weight is 369 g/mol. The highest BCUT2D eigenvalue weighted by Gasteiger charge is 2.27. The van der Waals surface area contributed by atoms with Crippen molar-refractivity contribution in [2.75, 3.05) is 4.72 Å². The lowest BCUT2D eigenvalue weighted by atomic mass is 9.85. The molecule has 1 aliphatic heterocycles. The SMILES string of the molecule is CC1Cc2cc(S(=O)(=O)Nc3n[nH]c(C4CCC4)n3)cc(Cl)c2O1. The number of aromatic nitrogens is 3. The first-order valence-corrected chi connectivity index (χ1v) is 9.72. The van der Waals surface area contributed by atoms with Crippen LogP contribution in [0.25, 0.3) is 0 Å². The highest BCUT2D eigenvalue weighted by molar-refractivity contribution is 7.92. The van der Waals surface area contributed by atoms with Gasteiger partial charge in [-0.05, 0) is 31.9 Å². The Labute approximate surface area is 144 Å². The molecule has 1 atom stereocenters. The van der Waals surface area contributed by atoms with E-state index < -0.39 is 10.0 Å². The minimum absolute atomic E-state index is 0.0125. The summed E-state index contributed by atoms with van der Waals surface area (Å²) in [6.45, 7) is 1.92. The van der Waals surface area contributed by atoms with Crippen LogP contribution in [0, 0.1) is 0 Å². The Hall–Kier alpha value is -1.80. The number of fused-ring (bicyclic) bond motifs is 1. The predicted octanol–water partition coefficient (Wildman–Crippen LogP) is 2.85. The lowest BCUT2D eigenvalue weighted by Crippen LogP contribution is -2.15. The molecule has 2 heterocycles.